The van der Waals surface area contributed by atoms with E-state index in [1.807, 2.05) is 6.08 Å². The van der Waals surface area contributed by atoms with Gasteiger partial charge < -0.3 is 4.74 Å². The Morgan fingerprint density at radius 2 is 1.72 bits per heavy atom. The Morgan fingerprint density at radius 1 is 1.17 bits per heavy atom. The Labute approximate surface area is 113 Å². The first-order chi connectivity index (χ1) is 8.29. The van der Waals surface area contributed by atoms with E-state index in [9.17, 15) is 0 Å². The van der Waals surface area contributed by atoms with E-state index >= 15 is 0 Å². The Morgan fingerprint density at radius 3 is 2.22 bits per heavy atom. The van der Waals surface area contributed by atoms with Crippen LogP contribution in [0.25, 0.3) is 0 Å². The lowest BCUT2D eigenvalue weighted by Crippen LogP contribution is -2.60. The van der Waals surface area contributed by atoms with Crippen molar-refractivity contribution >= 4 is 0 Å². The second-order valence-electron chi connectivity index (χ2n) is 6.87. The van der Waals surface area contributed by atoms with Gasteiger partial charge in [-0.3, -0.25) is 4.90 Å². The van der Waals surface area contributed by atoms with Gasteiger partial charge in [0.15, 0.2) is 0 Å². The van der Waals surface area contributed by atoms with Gasteiger partial charge in [0.05, 0.1) is 6.10 Å². The zero-order chi connectivity index (χ0) is 13.8. The fourth-order valence-electron chi connectivity index (χ4n) is 3.04. The van der Waals surface area contributed by atoms with E-state index in [0.717, 1.165) is 32.3 Å². The van der Waals surface area contributed by atoms with E-state index in [-0.39, 0.29) is 11.1 Å². The van der Waals surface area contributed by atoms with Crippen LogP contribution in [0.4, 0.5) is 0 Å². The van der Waals surface area contributed by atoms with E-state index in [4.69, 9.17) is 4.74 Å². The van der Waals surface area contributed by atoms with Gasteiger partial charge in [0.1, 0.15) is 0 Å². The van der Waals surface area contributed by atoms with Gasteiger partial charge in [0.25, 0.3) is 0 Å². The molecule has 2 heteroatoms. The molecule has 0 saturated carbocycles. The van der Waals surface area contributed by atoms with Crippen molar-refractivity contribution in [3.05, 3.63) is 12.7 Å². The lowest BCUT2D eigenvalue weighted by molar-refractivity contribution is -0.0917. The Balaban J connectivity index is 2.41. The summed E-state index contributed by atoms with van der Waals surface area (Å²) in [6.45, 7) is 13.9. The van der Waals surface area contributed by atoms with Crippen LogP contribution in [-0.4, -0.2) is 35.7 Å². The summed E-state index contributed by atoms with van der Waals surface area (Å²) < 4.78 is 6.09. The van der Waals surface area contributed by atoms with Crippen LogP contribution < -0.4 is 0 Å². The predicted molar refractivity (Wildman–Crippen MR) is 78.9 cm³/mol. The molecule has 1 aliphatic heterocycles. The fourth-order valence-corrected chi connectivity index (χ4v) is 3.04. The number of rotatable bonds is 6. The largest absolute Gasteiger partial charge is 0.378 e. The van der Waals surface area contributed by atoms with E-state index in [1.54, 1.807) is 0 Å². The molecular weight excluding hydrogens is 222 g/mol. The van der Waals surface area contributed by atoms with Gasteiger partial charge in [-0.1, -0.05) is 6.08 Å². The van der Waals surface area contributed by atoms with Crippen LogP contribution in [0.1, 0.15) is 59.8 Å². The summed E-state index contributed by atoms with van der Waals surface area (Å²) in [5.74, 6) is 0. The summed E-state index contributed by atoms with van der Waals surface area (Å²) in [6.07, 6.45) is 8.12. The van der Waals surface area contributed by atoms with Crippen LogP contribution in [0.15, 0.2) is 12.7 Å². The van der Waals surface area contributed by atoms with Crippen molar-refractivity contribution in [1.82, 2.24) is 4.90 Å². The second-order valence-corrected chi connectivity index (χ2v) is 6.87. The van der Waals surface area contributed by atoms with Gasteiger partial charge in [-0.05, 0) is 66.8 Å². The Hall–Kier alpha value is -0.340. The SMILES string of the molecule is C=CCCCCOC1CC(C)(C)N(C)C(C)(C)C1. The molecule has 1 heterocycles. The summed E-state index contributed by atoms with van der Waals surface area (Å²) in [7, 11) is 2.24. The molecule has 0 spiro atoms. The third kappa shape index (κ3) is 4.10. The summed E-state index contributed by atoms with van der Waals surface area (Å²) in [5.41, 5.74) is 0.459. The third-order valence-corrected chi connectivity index (χ3v) is 4.43. The number of allylic oxidation sites excluding steroid dienone is 1. The first-order valence-corrected chi connectivity index (χ1v) is 7.26. The van der Waals surface area contributed by atoms with Crippen LogP contribution in [-0.2, 0) is 4.74 Å². The molecule has 106 valence electrons. The summed E-state index contributed by atoms with van der Waals surface area (Å²) >= 11 is 0. The van der Waals surface area contributed by atoms with Gasteiger partial charge in [-0.2, -0.15) is 0 Å². The van der Waals surface area contributed by atoms with E-state index < -0.39 is 0 Å². The number of hydrogen-bond donors (Lipinski definition) is 0. The van der Waals surface area contributed by atoms with Gasteiger partial charge >= 0.3 is 0 Å². The van der Waals surface area contributed by atoms with Crippen molar-refractivity contribution in [2.75, 3.05) is 13.7 Å². The minimum atomic E-state index is 0.230. The molecule has 0 aliphatic carbocycles. The molecule has 0 radical (unpaired) electrons. The second kappa shape index (κ2) is 6.21. The maximum Gasteiger partial charge on any atom is 0.0610 e. The molecule has 0 unspecified atom stereocenters. The van der Waals surface area contributed by atoms with Crippen molar-refractivity contribution < 1.29 is 4.74 Å². The maximum atomic E-state index is 6.09. The molecule has 1 aliphatic rings. The number of unbranched alkanes of at least 4 members (excludes halogenated alkanes) is 2. The molecular formula is C16H31NO. The highest BCUT2D eigenvalue weighted by Crippen LogP contribution is 2.38. The van der Waals surface area contributed by atoms with E-state index in [1.165, 1.54) is 6.42 Å². The zero-order valence-electron chi connectivity index (χ0n) is 13.0. The average molecular weight is 253 g/mol. The van der Waals surface area contributed by atoms with Crippen LogP contribution in [0.5, 0.6) is 0 Å². The van der Waals surface area contributed by atoms with Crippen molar-refractivity contribution in [1.29, 1.82) is 0 Å². The number of likely N-dealkylation sites (tertiary alicyclic amines) is 1. The molecule has 0 aromatic rings. The van der Waals surface area contributed by atoms with Crippen molar-refractivity contribution in [2.45, 2.75) is 77.0 Å². The van der Waals surface area contributed by atoms with Gasteiger partial charge in [-0.15, -0.1) is 6.58 Å². The van der Waals surface area contributed by atoms with Gasteiger partial charge in [-0.25, -0.2) is 0 Å². The minimum absolute atomic E-state index is 0.230. The normalized spacial score (nSPS) is 24.1. The summed E-state index contributed by atoms with van der Waals surface area (Å²) in [4.78, 5) is 2.50. The molecule has 1 rings (SSSR count). The summed E-state index contributed by atoms with van der Waals surface area (Å²) in [5, 5.41) is 0. The molecule has 1 fully saturated rings. The Kier molecular flexibility index (Phi) is 5.42. The lowest BCUT2D eigenvalue weighted by atomic mass is 9.79. The molecule has 2 nitrogen and oxygen atoms in total. The third-order valence-electron chi connectivity index (χ3n) is 4.43. The van der Waals surface area contributed by atoms with Crippen LogP contribution >= 0.6 is 0 Å². The summed E-state index contributed by atoms with van der Waals surface area (Å²) in [6, 6.07) is 0. The van der Waals surface area contributed by atoms with Crippen LogP contribution in [0, 0.1) is 0 Å². The van der Waals surface area contributed by atoms with Crippen molar-refractivity contribution in [3.8, 4) is 0 Å². The average Bonchev–Trinajstić information content (AvgIpc) is 2.25. The minimum Gasteiger partial charge on any atom is -0.378 e. The quantitative estimate of drug-likeness (QED) is 0.524. The molecule has 18 heavy (non-hydrogen) atoms. The Bertz CT molecular complexity index is 252. The highest BCUT2D eigenvalue weighted by molar-refractivity contribution is 4.98. The van der Waals surface area contributed by atoms with Crippen LogP contribution in [0.3, 0.4) is 0 Å². The monoisotopic (exact) mass is 253 g/mol. The highest BCUT2D eigenvalue weighted by atomic mass is 16.5. The molecule has 1 saturated heterocycles. The number of ether oxygens (including phenoxy) is 1. The molecule has 0 bridgehead atoms. The number of nitrogens with zero attached hydrogens (tertiary/aromatic N) is 1. The van der Waals surface area contributed by atoms with Crippen LogP contribution in [0.2, 0.25) is 0 Å². The molecule has 0 aromatic heterocycles. The highest BCUT2D eigenvalue weighted by Gasteiger charge is 2.43. The van der Waals surface area contributed by atoms with Crippen molar-refractivity contribution in [2.24, 2.45) is 0 Å². The first kappa shape index (κ1) is 15.7. The van der Waals surface area contributed by atoms with E-state index in [0.29, 0.717) is 6.10 Å². The lowest BCUT2D eigenvalue weighted by Gasteiger charge is -2.53. The predicted octanol–water partition coefficient (Wildman–Crippen LogP) is 4.01. The molecule has 0 N–H and O–H groups in total. The van der Waals surface area contributed by atoms with Crippen molar-refractivity contribution in [3.63, 3.8) is 0 Å². The molecule has 0 atom stereocenters. The smallest absolute Gasteiger partial charge is 0.0610 e. The maximum absolute atomic E-state index is 6.09. The topological polar surface area (TPSA) is 12.5 Å². The molecule has 0 amide bonds. The first-order valence-electron chi connectivity index (χ1n) is 7.26. The number of hydrogen-bond acceptors (Lipinski definition) is 2. The molecule has 0 aromatic carbocycles. The fraction of sp³-hybridized carbons (Fsp3) is 0.875. The van der Waals surface area contributed by atoms with Gasteiger partial charge in [0.2, 0.25) is 0 Å². The standard InChI is InChI=1S/C16H31NO/c1-7-8-9-10-11-18-14-12-15(2,3)17(6)16(4,5)13-14/h7,14H,1,8-13H2,2-6H3. The zero-order valence-corrected chi connectivity index (χ0v) is 13.0. The van der Waals surface area contributed by atoms with Gasteiger partial charge in [0, 0.05) is 17.7 Å². The number of piperidine rings is 1. The van der Waals surface area contributed by atoms with E-state index in [2.05, 4.69) is 46.2 Å².